The summed E-state index contributed by atoms with van der Waals surface area (Å²) in [5, 5.41) is 8.40. The highest BCUT2D eigenvalue weighted by Crippen LogP contribution is 2.31. The van der Waals surface area contributed by atoms with Gasteiger partial charge in [-0.3, -0.25) is 19.4 Å². The molecule has 0 aliphatic carbocycles. The molecule has 1 saturated heterocycles. The Hall–Kier alpha value is -3.50. The van der Waals surface area contributed by atoms with Gasteiger partial charge in [0.25, 0.3) is 11.8 Å². The van der Waals surface area contributed by atoms with Crippen LogP contribution < -0.4 is 21.7 Å². The highest BCUT2D eigenvalue weighted by molar-refractivity contribution is 6.34. The van der Waals surface area contributed by atoms with Gasteiger partial charge in [0, 0.05) is 12.2 Å². The zero-order chi connectivity index (χ0) is 25.7. The number of primary amides is 1. The van der Waals surface area contributed by atoms with Crippen LogP contribution in [0.5, 0.6) is 0 Å². The second-order valence-electron chi connectivity index (χ2n) is 8.85. The molecule has 3 amide bonds. The number of nitrogens with zero attached hydrogens (tertiary/aromatic N) is 2. The van der Waals surface area contributed by atoms with E-state index in [1.807, 2.05) is 0 Å². The van der Waals surface area contributed by atoms with Gasteiger partial charge in [-0.25, -0.2) is 4.39 Å². The van der Waals surface area contributed by atoms with Gasteiger partial charge >= 0.3 is 0 Å². The zero-order valence-corrected chi connectivity index (χ0v) is 20.4. The number of halogens is 2. The van der Waals surface area contributed by atoms with Crippen LogP contribution in [0.1, 0.15) is 35.2 Å². The molecular formula is C25H28ClFN6O3. The molecular weight excluding hydrogens is 487 g/mol. The molecule has 2 aliphatic heterocycles. The van der Waals surface area contributed by atoms with Gasteiger partial charge < -0.3 is 26.6 Å². The number of aliphatic imine (C=N–C) groups is 1. The minimum Gasteiger partial charge on any atom is -0.367 e. The number of hydrogen-bond donors (Lipinski definition) is 4. The van der Waals surface area contributed by atoms with Crippen molar-refractivity contribution < 1.29 is 18.8 Å². The maximum absolute atomic E-state index is 13.3. The number of nitrogens with one attached hydrogen (secondary N) is 3. The number of benzene rings is 2. The van der Waals surface area contributed by atoms with Crippen molar-refractivity contribution in [3.05, 3.63) is 64.4 Å². The van der Waals surface area contributed by atoms with E-state index in [0.717, 1.165) is 38.2 Å². The van der Waals surface area contributed by atoms with E-state index in [4.69, 9.17) is 17.3 Å². The van der Waals surface area contributed by atoms with Gasteiger partial charge in [0.2, 0.25) is 5.91 Å². The average Bonchev–Trinajstić information content (AvgIpc) is 3.53. The molecule has 2 unspecified atom stereocenters. The lowest BCUT2D eigenvalue weighted by Crippen LogP contribution is -2.60. The van der Waals surface area contributed by atoms with Crippen molar-refractivity contribution in [2.75, 3.05) is 31.5 Å². The van der Waals surface area contributed by atoms with Crippen LogP contribution in [-0.4, -0.2) is 61.2 Å². The molecule has 2 aromatic carbocycles. The van der Waals surface area contributed by atoms with Crippen LogP contribution in [0, 0.1) is 5.82 Å². The van der Waals surface area contributed by atoms with E-state index in [-0.39, 0.29) is 10.6 Å². The van der Waals surface area contributed by atoms with Crippen molar-refractivity contribution in [1.29, 1.82) is 0 Å². The molecule has 0 aromatic heterocycles. The maximum Gasteiger partial charge on any atom is 0.257 e. The fraction of sp³-hybridized carbons (Fsp3) is 0.360. The van der Waals surface area contributed by atoms with Crippen LogP contribution in [-0.2, 0) is 15.1 Å². The van der Waals surface area contributed by atoms with E-state index in [1.165, 1.54) is 25.2 Å². The lowest BCUT2D eigenvalue weighted by Gasteiger charge is -2.31. The Kier molecular flexibility index (Phi) is 7.85. The van der Waals surface area contributed by atoms with Gasteiger partial charge in [0.15, 0.2) is 11.6 Å². The van der Waals surface area contributed by atoms with Gasteiger partial charge in [0.05, 0.1) is 16.9 Å². The SMILES string of the molecule is NC(=O)C1(c2ccc(NC(=O)c3ccc(F)cc3Cl)cc2)NC=NC1C(=O)NCCCN1CCCC1. The first-order valence-electron chi connectivity index (χ1n) is 11.8. The molecule has 190 valence electrons. The standard InChI is InChI=1S/C25H28ClFN6O3/c26-20-14-17(27)6-9-19(20)22(34)32-18-7-4-16(5-8-18)25(24(28)36)21(30-15-31-25)23(35)29-10-3-13-33-11-1-2-12-33/h4-9,14-15,21H,1-3,10-13H2,(H2,28,36)(H,29,35)(H,30,31)(H,32,34). The van der Waals surface area contributed by atoms with Crippen LogP contribution in [0.15, 0.2) is 47.5 Å². The van der Waals surface area contributed by atoms with Crippen molar-refractivity contribution in [2.24, 2.45) is 10.7 Å². The van der Waals surface area contributed by atoms with Gasteiger partial charge in [0.1, 0.15) is 5.82 Å². The Morgan fingerprint density at radius 2 is 1.89 bits per heavy atom. The highest BCUT2D eigenvalue weighted by atomic mass is 35.5. The van der Waals surface area contributed by atoms with Crippen LogP contribution >= 0.6 is 11.6 Å². The second kappa shape index (κ2) is 11.0. The number of nitrogens with two attached hydrogens (primary N) is 1. The topological polar surface area (TPSA) is 129 Å². The second-order valence-corrected chi connectivity index (χ2v) is 9.25. The van der Waals surface area contributed by atoms with E-state index in [2.05, 4.69) is 25.8 Å². The summed E-state index contributed by atoms with van der Waals surface area (Å²) in [4.78, 5) is 44.7. The van der Waals surface area contributed by atoms with Crippen molar-refractivity contribution in [3.63, 3.8) is 0 Å². The normalized spacial score (nSPS) is 21.2. The van der Waals surface area contributed by atoms with Crippen LogP contribution in [0.4, 0.5) is 10.1 Å². The zero-order valence-electron chi connectivity index (χ0n) is 19.6. The molecule has 4 rings (SSSR count). The van der Waals surface area contributed by atoms with Crippen molar-refractivity contribution in [2.45, 2.75) is 30.8 Å². The van der Waals surface area contributed by atoms with E-state index in [1.54, 1.807) is 24.3 Å². The molecule has 5 N–H and O–H groups in total. The number of hydrogen-bond acceptors (Lipinski definition) is 6. The number of rotatable bonds is 9. The summed E-state index contributed by atoms with van der Waals surface area (Å²) < 4.78 is 13.3. The largest absolute Gasteiger partial charge is 0.367 e. The number of amides is 3. The van der Waals surface area contributed by atoms with Crippen molar-refractivity contribution in [1.82, 2.24) is 15.5 Å². The Morgan fingerprint density at radius 3 is 2.56 bits per heavy atom. The Labute approximate surface area is 213 Å². The van der Waals surface area contributed by atoms with Gasteiger partial charge in [-0.2, -0.15) is 0 Å². The quantitative estimate of drug-likeness (QED) is 0.380. The number of anilines is 1. The first-order valence-corrected chi connectivity index (χ1v) is 12.2. The van der Waals surface area contributed by atoms with E-state index >= 15 is 0 Å². The van der Waals surface area contributed by atoms with E-state index in [0.29, 0.717) is 17.8 Å². The summed E-state index contributed by atoms with van der Waals surface area (Å²) in [6.45, 7) is 3.54. The predicted molar refractivity (Wildman–Crippen MR) is 135 cm³/mol. The fourth-order valence-electron chi connectivity index (χ4n) is 4.56. The minimum atomic E-state index is -1.57. The molecule has 9 nitrogen and oxygen atoms in total. The first-order chi connectivity index (χ1) is 17.3. The van der Waals surface area contributed by atoms with Gasteiger partial charge in [-0.15, -0.1) is 0 Å². The summed E-state index contributed by atoms with van der Waals surface area (Å²) >= 11 is 5.96. The molecule has 1 fully saturated rings. The van der Waals surface area contributed by atoms with Crippen LogP contribution in [0.3, 0.4) is 0 Å². The van der Waals surface area contributed by atoms with Crippen LogP contribution in [0.2, 0.25) is 5.02 Å². The number of likely N-dealkylation sites (tertiary alicyclic amines) is 1. The molecule has 2 heterocycles. The Morgan fingerprint density at radius 1 is 1.17 bits per heavy atom. The summed E-state index contributed by atoms with van der Waals surface area (Å²) in [6, 6.07) is 8.71. The lowest BCUT2D eigenvalue weighted by atomic mass is 9.82. The Balaban J connectivity index is 1.43. The third-order valence-corrected chi connectivity index (χ3v) is 6.80. The summed E-state index contributed by atoms with van der Waals surface area (Å²) in [5.41, 5.74) is 5.14. The van der Waals surface area contributed by atoms with Crippen molar-refractivity contribution in [3.8, 4) is 0 Å². The summed E-state index contributed by atoms with van der Waals surface area (Å²) in [7, 11) is 0. The monoisotopic (exact) mass is 514 g/mol. The van der Waals surface area contributed by atoms with Crippen LogP contribution in [0.25, 0.3) is 0 Å². The van der Waals surface area contributed by atoms with E-state index < -0.39 is 35.1 Å². The van der Waals surface area contributed by atoms with Crippen molar-refractivity contribution >= 4 is 41.3 Å². The molecule has 0 bridgehead atoms. The smallest absolute Gasteiger partial charge is 0.257 e. The summed E-state index contributed by atoms with van der Waals surface area (Å²) in [6.07, 6.45) is 4.52. The predicted octanol–water partition coefficient (Wildman–Crippen LogP) is 2.01. The van der Waals surface area contributed by atoms with Gasteiger partial charge in [-0.1, -0.05) is 23.7 Å². The molecule has 2 aliphatic rings. The Bertz CT molecular complexity index is 1170. The fourth-order valence-corrected chi connectivity index (χ4v) is 4.82. The van der Waals surface area contributed by atoms with Gasteiger partial charge in [-0.05, 0) is 74.8 Å². The number of carbonyl (C=O) groups excluding carboxylic acids is 3. The third-order valence-electron chi connectivity index (χ3n) is 6.49. The molecule has 11 heteroatoms. The number of carbonyl (C=O) groups is 3. The van der Waals surface area contributed by atoms with E-state index in [9.17, 15) is 18.8 Å². The molecule has 2 atom stereocenters. The maximum atomic E-state index is 13.3. The minimum absolute atomic E-state index is 0.0154. The average molecular weight is 515 g/mol. The summed E-state index contributed by atoms with van der Waals surface area (Å²) in [5.74, 6) is -2.23. The molecule has 0 radical (unpaired) electrons. The lowest BCUT2D eigenvalue weighted by molar-refractivity contribution is -0.131. The highest BCUT2D eigenvalue weighted by Gasteiger charge is 2.52. The molecule has 36 heavy (non-hydrogen) atoms. The molecule has 0 saturated carbocycles. The third kappa shape index (κ3) is 5.34. The molecule has 2 aromatic rings. The first kappa shape index (κ1) is 25.6. The molecule has 0 spiro atoms.